The summed E-state index contributed by atoms with van der Waals surface area (Å²) in [6.45, 7) is 2.04. The number of aryl methyl sites for hydroxylation is 3. The Hall–Kier alpha value is -2.91. The number of aromatic nitrogens is 1. The van der Waals surface area contributed by atoms with Crippen molar-refractivity contribution in [1.82, 2.24) is 4.98 Å². The van der Waals surface area contributed by atoms with Gasteiger partial charge in [-0.2, -0.15) is 0 Å². The molecular weight excluding hydrogens is 322 g/mol. The topological polar surface area (TPSA) is 46.3 Å². The minimum absolute atomic E-state index is 0.0662. The molecule has 0 aliphatic heterocycles. The van der Waals surface area contributed by atoms with Crippen molar-refractivity contribution >= 4 is 6.08 Å². The summed E-state index contributed by atoms with van der Waals surface area (Å²) in [6, 6.07) is 18.5. The van der Waals surface area contributed by atoms with Gasteiger partial charge in [-0.1, -0.05) is 66.8 Å². The fraction of sp³-hybridized carbons (Fsp3) is 0.174. The molecule has 3 nitrogen and oxygen atoms in total. The van der Waals surface area contributed by atoms with Gasteiger partial charge in [-0.25, -0.2) is 4.98 Å². The van der Waals surface area contributed by atoms with E-state index in [1.807, 2.05) is 55.5 Å². The maximum atomic E-state index is 8.71. The van der Waals surface area contributed by atoms with Gasteiger partial charge in [0.05, 0.1) is 12.3 Å². The lowest BCUT2D eigenvalue weighted by Gasteiger charge is -2.01. The standard InChI is InChI=1S/C23H23NO2/c1-18-22(24-23(26-18)21-9-5-2-6-10-21)16-15-20-13-11-19(12-14-20)8-4-3-7-17-25/h2-14,25H,15-17H2,1H3/b7-3+,8-4+. The van der Waals surface area contributed by atoms with Gasteiger partial charge in [-0.05, 0) is 43.0 Å². The summed E-state index contributed by atoms with van der Waals surface area (Å²) >= 11 is 0. The average Bonchev–Trinajstić information content (AvgIpc) is 3.06. The molecule has 0 saturated heterocycles. The van der Waals surface area contributed by atoms with Crippen LogP contribution in [0.15, 0.2) is 77.2 Å². The molecule has 3 heteroatoms. The Morgan fingerprint density at radius 1 is 0.962 bits per heavy atom. The van der Waals surface area contributed by atoms with Crippen LogP contribution in [-0.2, 0) is 12.8 Å². The smallest absolute Gasteiger partial charge is 0.226 e. The first-order chi connectivity index (χ1) is 12.8. The van der Waals surface area contributed by atoms with Crippen molar-refractivity contribution in [2.45, 2.75) is 19.8 Å². The number of benzene rings is 2. The lowest BCUT2D eigenvalue weighted by molar-refractivity contribution is 0.343. The maximum Gasteiger partial charge on any atom is 0.226 e. The van der Waals surface area contributed by atoms with Gasteiger partial charge in [0.15, 0.2) is 0 Å². The summed E-state index contributed by atoms with van der Waals surface area (Å²) in [4.78, 5) is 4.66. The predicted molar refractivity (Wildman–Crippen MR) is 106 cm³/mol. The monoisotopic (exact) mass is 345 g/mol. The van der Waals surface area contributed by atoms with Crippen molar-refractivity contribution in [3.63, 3.8) is 0 Å². The molecule has 0 unspecified atom stereocenters. The number of nitrogens with zero attached hydrogens (tertiary/aromatic N) is 1. The van der Waals surface area contributed by atoms with Crippen molar-refractivity contribution in [2.75, 3.05) is 6.61 Å². The fourth-order valence-corrected chi connectivity index (χ4v) is 2.73. The van der Waals surface area contributed by atoms with Crippen LogP contribution >= 0.6 is 0 Å². The van der Waals surface area contributed by atoms with Gasteiger partial charge in [-0.15, -0.1) is 0 Å². The zero-order valence-electron chi connectivity index (χ0n) is 14.9. The second kappa shape index (κ2) is 8.97. The van der Waals surface area contributed by atoms with Crippen molar-refractivity contribution in [2.24, 2.45) is 0 Å². The quantitative estimate of drug-likeness (QED) is 0.613. The zero-order valence-corrected chi connectivity index (χ0v) is 14.9. The van der Waals surface area contributed by atoms with E-state index in [0.29, 0.717) is 5.89 Å². The number of allylic oxidation sites excluding steroid dienone is 2. The normalized spacial score (nSPS) is 11.6. The minimum atomic E-state index is 0.0662. The molecule has 0 spiro atoms. The van der Waals surface area contributed by atoms with E-state index >= 15 is 0 Å². The predicted octanol–water partition coefficient (Wildman–Crippen LogP) is 5.00. The van der Waals surface area contributed by atoms with Crippen LogP contribution in [0.5, 0.6) is 0 Å². The van der Waals surface area contributed by atoms with Crippen molar-refractivity contribution in [3.8, 4) is 11.5 Å². The molecule has 3 aromatic rings. The first-order valence-electron chi connectivity index (χ1n) is 8.81. The van der Waals surface area contributed by atoms with E-state index in [1.165, 1.54) is 5.56 Å². The Bertz CT molecular complexity index is 874. The van der Waals surface area contributed by atoms with Crippen molar-refractivity contribution in [1.29, 1.82) is 0 Å². The van der Waals surface area contributed by atoms with Gasteiger partial charge >= 0.3 is 0 Å². The fourth-order valence-electron chi connectivity index (χ4n) is 2.73. The largest absolute Gasteiger partial charge is 0.441 e. The summed E-state index contributed by atoms with van der Waals surface area (Å²) in [5.74, 6) is 1.58. The summed E-state index contributed by atoms with van der Waals surface area (Å²) in [5.41, 5.74) is 4.44. The molecule has 3 rings (SSSR count). The van der Waals surface area contributed by atoms with E-state index in [4.69, 9.17) is 9.52 Å². The third kappa shape index (κ3) is 4.80. The summed E-state index contributed by atoms with van der Waals surface area (Å²) in [6.07, 6.45) is 9.27. The molecule has 0 bridgehead atoms. The van der Waals surface area contributed by atoms with Crippen LogP contribution in [0.1, 0.15) is 22.6 Å². The molecule has 0 radical (unpaired) electrons. The van der Waals surface area contributed by atoms with E-state index in [0.717, 1.165) is 35.4 Å². The molecule has 0 saturated carbocycles. The molecule has 1 heterocycles. The molecule has 1 aromatic heterocycles. The van der Waals surface area contributed by atoms with Gasteiger partial charge in [0, 0.05) is 5.56 Å². The molecule has 2 aromatic carbocycles. The Labute approximate surface area is 154 Å². The number of hydrogen-bond acceptors (Lipinski definition) is 3. The Morgan fingerprint density at radius 3 is 2.46 bits per heavy atom. The van der Waals surface area contributed by atoms with Crippen molar-refractivity contribution in [3.05, 3.63) is 95.4 Å². The van der Waals surface area contributed by atoms with Gasteiger partial charge in [-0.3, -0.25) is 0 Å². The SMILES string of the molecule is Cc1oc(-c2ccccc2)nc1CCc1ccc(/C=C/C=C/CO)cc1. The van der Waals surface area contributed by atoms with Crippen LogP contribution in [0.2, 0.25) is 0 Å². The number of hydrogen-bond donors (Lipinski definition) is 1. The first kappa shape index (κ1) is 17.9. The van der Waals surface area contributed by atoms with Gasteiger partial charge in [0.1, 0.15) is 5.76 Å². The molecule has 1 N–H and O–H groups in total. The Morgan fingerprint density at radius 2 is 1.73 bits per heavy atom. The molecule has 0 amide bonds. The van der Waals surface area contributed by atoms with Gasteiger partial charge in [0.25, 0.3) is 0 Å². The summed E-state index contributed by atoms with van der Waals surface area (Å²) in [7, 11) is 0. The highest BCUT2D eigenvalue weighted by Gasteiger charge is 2.11. The second-order valence-corrected chi connectivity index (χ2v) is 6.10. The lowest BCUT2D eigenvalue weighted by Crippen LogP contribution is -1.93. The number of aliphatic hydroxyl groups excluding tert-OH is 1. The van der Waals surface area contributed by atoms with Crippen LogP contribution in [0, 0.1) is 6.92 Å². The highest BCUT2D eigenvalue weighted by Crippen LogP contribution is 2.22. The van der Waals surface area contributed by atoms with E-state index < -0.39 is 0 Å². The van der Waals surface area contributed by atoms with Crippen LogP contribution in [0.4, 0.5) is 0 Å². The van der Waals surface area contributed by atoms with Gasteiger partial charge in [0.2, 0.25) is 5.89 Å². The molecule has 0 aliphatic rings. The molecule has 132 valence electrons. The highest BCUT2D eigenvalue weighted by atomic mass is 16.4. The number of oxazole rings is 1. The third-order valence-electron chi connectivity index (χ3n) is 4.18. The van der Waals surface area contributed by atoms with Gasteiger partial charge < -0.3 is 9.52 Å². The Balaban J connectivity index is 1.61. The molecule has 0 atom stereocenters. The maximum absolute atomic E-state index is 8.71. The summed E-state index contributed by atoms with van der Waals surface area (Å²) in [5, 5.41) is 8.71. The first-order valence-corrected chi connectivity index (χ1v) is 8.81. The van der Waals surface area contributed by atoms with E-state index in [1.54, 1.807) is 6.08 Å². The molecule has 0 aliphatic carbocycles. The minimum Gasteiger partial charge on any atom is -0.441 e. The highest BCUT2D eigenvalue weighted by molar-refractivity contribution is 5.53. The summed E-state index contributed by atoms with van der Waals surface area (Å²) < 4.78 is 5.83. The number of rotatable bonds is 7. The lowest BCUT2D eigenvalue weighted by atomic mass is 10.1. The molecule has 0 fully saturated rings. The van der Waals surface area contributed by atoms with Crippen LogP contribution in [-0.4, -0.2) is 16.7 Å². The van der Waals surface area contributed by atoms with E-state index in [9.17, 15) is 0 Å². The zero-order chi connectivity index (χ0) is 18.2. The van der Waals surface area contributed by atoms with Crippen molar-refractivity contribution < 1.29 is 9.52 Å². The Kier molecular flexibility index (Phi) is 6.18. The average molecular weight is 345 g/mol. The van der Waals surface area contributed by atoms with Crippen LogP contribution in [0.3, 0.4) is 0 Å². The molecule has 26 heavy (non-hydrogen) atoms. The number of aliphatic hydroxyl groups is 1. The van der Waals surface area contributed by atoms with E-state index in [2.05, 4.69) is 29.2 Å². The third-order valence-corrected chi connectivity index (χ3v) is 4.18. The molecular formula is C23H23NO2. The second-order valence-electron chi connectivity index (χ2n) is 6.10. The van der Waals surface area contributed by atoms with E-state index in [-0.39, 0.29) is 6.61 Å². The van der Waals surface area contributed by atoms with Crippen LogP contribution < -0.4 is 0 Å². The van der Waals surface area contributed by atoms with Crippen LogP contribution in [0.25, 0.3) is 17.5 Å².